The Hall–Kier alpha value is -4.50. The minimum absolute atomic E-state index is 0.320. The van der Waals surface area contributed by atoms with Gasteiger partial charge in [0.15, 0.2) is 10.0 Å². The Morgan fingerprint density at radius 3 is 1.46 bits per heavy atom. The third-order valence-corrected chi connectivity index (χ3v) is 12.4. The molecule has 0 bridgehead atoms. The van der Waals surface area contributed by atoms with Crippen LogP contribution in [0.25, 0.3) is 11.1 Å². The lowest BCUT2D eigenvalue weighted by Crippen LogP contribution is -2.43. The third-order valence-electron chi connectivity index (χ3n) is 10.1. The Kier molecular flexibility index (Phi) is 11.5. The van der Waals surface area contributed by atoms with Crippen molar-refractivity contribution in [3.8, 4) is 11.1 Å². The summed E-state index contributed by atoms with van der Waals surface area (Å²) in [4.78, 5) is 65.3. The number of carbonyl (C=O) groups excluding carboxylic acids is 2. The average Bonchev–Trinajstić information content (AvgIpc) is 3.68. The van der Waals surface area contributed by atoms with E-state index in [9.17, 15) is 29.4 Å². The van der Waals surface area contributed by atoms with Gasteiger partial charge in [0.05, 0.1) is 11.4 Å². The normalized spacial score (nSPS) is 18.2. The molecule has 4 heterocycles. The van der Waals surface area contributed by atoms with Crippen LogP contribution in [0, 0.1) is 27.7 Å². The summed E-state index contributed by atoms with van der Waals surface area (Å²) in [5.74, 6) is -2.29. The molecule has 4 aromatic rings. The van der Waals surface area contributed by atoms with Crippen LogP contribution in [0.15, 0.2) is 36.4 Å². The molecule has 2 aromatic heterocycles. The molecule has 2 saturated heterocycles. The van der Waals surface area contributed by atoms with Crippen molar-refractivity contribution in [1.82, 2.24) is 19.8 Å². The molecule has 2 aromatic carbocycles. The summed E-state index contributed by atoms with van der Waals surface area (Å²) >= 11 is 2.59. The molecule has 2 aliphatic rings. The Balaban J connectivity index is 1.15. The van der Waals surface area contributed by atoms with Gasteiger partial charge in [0, 0.05) is 34.2 Å². The molecule has 2 fully saturated rings. The molecule has 12 nitrogen and oxygen atoms in total. The number of carboxylic acid groups (broad SMARTS) is 2. The molecule has 0 unspecified atom stereocenters. The van der Waals surface area contributed by atoms with E-state index in [1.54, 1.807) is 0 Å². The Bertz CT molecular complexity index is 1870. The summed E-state index contributed by atoms with van der Waals surface area (Å²) < 4.78 is 0. The Labute approximate surface area is 310 Å². The van der Waals surface area contributed by atoms with E-state index < -0.39 is 24.0 Å². The van der Waals surface area contributed by atoms with Crippen LogP contribution in [-0.2, 0) is 22.7 Å². The largest absolute Gasteiger partial charge is 0.480 e. The van der Waals surface area contributed by atoms with Crippen molar-refractivity contribution in [2.75, 3.05) is 23.7 Å². The third kappa shape index (κ3) is 8.10. The number of anilines is 2. The molecule has 0 aliphatic carbocycles. The number of thiazole rings is 2. The van der Waals surface area contributed by atoms with Crippen molar-refractivity contribution in [2.45, 2.75) is 91.4 Å². The first-order valence-electron chi connectivity index (χ1n) is 17.6. The highest BCUT2D eigenvalue weighted by molar-refractivity contribution is 7.14. The van der Waals surface area contributed by atoms with Gasteiger partial charge in [-0.25, -0.2) is 9.97 Å². The van der Waals surface area contributed by atoms with Crippen molar-refractivity contribution in [2.24, 2.45) is 0 Å². The fourth-order valence-corrected chi connectivity index (χ4v) is 9.08. The van der Waals surface area contributed by atoms with Crippen LogP contribution in [0.4, 0.5) is 11.4 Å². The van der Waals surface area contributed by atoms with Crippen LogP contribution in [0.5, 0.6) is 0 Å². The number of carbonyl (C=O) groups is 4. The highest BCUT2D eigenvalue weighted by Crippen LogP contribution is 2.35. The van der Waals surface area contributed by atoms with Crippen LogP contribution < -0.4 is 10.6 Å². The van der Waals surface area contributed by atoms with Crippen LogP contribution in [0.1, 0.15) is 90.4 Å². The molecule has 2 amide bonds. The lowest BCUT2D eigenvalue weighted by atomic mass is 9.94. The van der Waals surface area contributed by atoms with Gasteiger partial charge in [-0.15, -0.1) is 22.7 Å². The number of likely N-dealkylation sites (tertiary alicyclic amines) is 2. The predicted octanol–water partition coefficient (Wildman–Crippen LogP) is 6.88. The number of piperidine rings is 2. The van der Waals surface area contributed by atoms with Crippen molar-refractivity contribution in [3.05, 3.63) is 78.7 Å². The second-order valence-corrected chi connectivity index (χ2v) is 15.7. The number of benzene rings is 2. The van der Waals surface area contributed by atoms with Crippen molar-refractivity contribution >= 4 is 57.8 Å². The summed E-state index contributed by atoms with van der Waals surface area (Å²) in [6.07, 6.45) is 4.92. The first-order valence-corrected chi connectivity index (χ1v) is 19.2. The number of aromatic nitrogens is 2. The van der Waals surface area contributed by atoms with Gasteiger partial charge < -0.3 is 20.8 Å². The Morgan fingerprint density at radius 1 is 0.673 bits per heavy atom. The van der Waals surface area contributed by atoms with Gasteiger partial charge in [0.1, 0.15) is 12.1 Å². The highest BCUT2D eigenvalue weighted by atomic mass is 32.1. The number of nitrogens with one attached hydrogen (secondary N) is 2. The molecule has 2 aliphatic heterocycles. The van der Waals surface area contributed by atoms with Gasteiger partial charge >= 0.3 is 11.9 Å². The van der Waals surface area contributed by atoms with Gasteiger partial charge in [0.25, 0.3) is 11.8 Å². The maximum absolute atomic E-state index is 13.5. The van der Waals surface area contributed by atoms with Gasteiger partial charge in [-0.2, -0.15) is 0 Å². The van der Waals surface area contributed by atoms with Gasteiger partial charge in [-0.1, -0.05) is 37.1 Å². The first kappa shape index (κ1) is 37.3. The Morgan fingerprint density at radius 2 is 1.08 bits per heavy atom. The summed E-state index contributed by atoms with van der Waals surface area (Å²) in [6.45, 7) is 9.88. The molecule has 274 valence electrons. The predicted molar refractivity (Wildman–Crippen MR) is 202 cm³/mol. The van der Waals surface area contributed by atoms with Crippen LogP contribution in [0.2, 0.25) is 0 Å². The molecule has 14 heteroatoms. The summed E-state index contributed by atoms with van der Waals surface area (Å²) in [7, 11) is 0. The zero-order chi connectivity index (χ0) is 37.1. The molecule has 0 radical (unpaired) electrons. The number of carboxylic acids is 2. The average molecular weight is 745 g/mol. The number of hydrogen-bond acceptors (Lipinski definition) is 10. The van der Waals surface area contributed by atoms with E-state index in [0.29, 0.717) is 60.4 Å². The van der Waals surface area contributed by atoms with Crippen molar-refractivity contribution in [3.63, 3.8) is 0 Å². The fourth-order valence-electron chi connectivity index (χ4n) is 7.11. The standard InChI is InChI=1S/C38H44N6O6S2/c1-21-25(11-9-13-27(21)41-33(45)35-39-23(3)31(51-35)19-43-17-7-5-15-29(43)37(47)48)26-12-10-14-28(22(26)2)42-34(46)36-40-24(4)32(52-36)20-44-18-8-6-16-30(44)38(49)50/h9-14,29-30H,5-8,15-20H2,1-4H3,(H,41,45)(H,42,46)(H,47,48)(H,49,50)/t29-,30-/m0/s1. The zero-order valence-electron chi connectivity index (χ0n) is 29.8. The maximum atomic E-state index is 13.5. The van der Waals surface area contributed by atoms with Gasteiger partial charge in [-0.05, 0) is 101 Å². The quantitative estimate of drug-likeness (QED) is 0.127. The molecule has 2 atom stereocenters. The number of amides is 2. The van der Waals surface area contributed by atoms with Crippen LogP contribution in [-0.4, -0.2) is 78.9 Å². The van der Waals surface area contributed by atoms with E-state index in [1.807, 2.05) is 73.9 Å². The first-order chi connectivity index (χ1) is 24.9. The molecule has 52 heavy (non-hydrogen) atoms. The van der Waals surface area contributed by atoms with E-state index >= 15 is 0 Å². The van der Waals surface area contributed by atoms with E-state index in [4.69, 9.17) is 0 Å². The maximum Gasteiger partial charge on any atom is 0.320 e. The number of hydrogen-bond donors (Lipinski definition) is 4. The second kappa shape index (κ2) is 16.0. The minimum atomic E-state index is -0.816. The zero-order valence-corrected chi connectivity index (χ0v) is 31.5. The SMILES string of the molecule is Cc1nc(C(=O)Nc2cccc(-c3cccc(NC(=O)c4nc(C)c(CN5CCCC[C@H]5C(=O)O)s4)c3C)c2C)sc1CN1CCCC[C@H]1C(=O)O. The van der Waals surface area contributed by atoms with Crippen molar-refractivity contribution in [1.29, 1.82) is 0 Å². The lowest BCUT2D eigenvalue weighted by Gasteiger charge is -2.32. The number of rotatable bonds is 11. The van der Waals surface area contributed by atoms with Gasteiger partial charge in [0.2, 0.25) is 0 Å². The molecular formula is C38H44N6O6S2. The van der Waals surface area contributed by atoms with E-state index in [-0.39, 0.29) is 11.8 Å². The van der Waals surface area contributed by atoms with E-state index in [0.717, 1.165) is 69.1 Å². The number of aliphatic carboxylic acids is 2. The lowest BCUT2D eigenvalue weighted by molar-refractivity contribution is -0.145. The van der Waals surface area contributed by atoms with Crippen molar-refractivity contribution < 1.29 is 29.4 Å². The fraction of sp³-hybridized carbons (Fsp3) is 0.421. The topological polar surface area (TPSA) is 165 Å². The molecule has 0 spiro atoms. The van der Waals surface area contributed by atoms with Crippen LogP contribution >= 0.6 is 22.7 Å². The highest BCUT2D eigenvalue weighted by Gasteiger charge is 2.31. The van der Waals surface area contributed by atoms with E-state index in [2.05, 4.69) is 20.6 Å². The summed E-state index contributed by atoms with van der Waals surface area (Å²) in [6, 6.07) is 10.3. The molecule has 4 N–H and O–H groups in total. The number of aryl methyl sites for hydroxylation is 2. The van der Waals surface area contributed by atoms with E-state index in [1.165, 1.54) is 22.7 Å². The summed E-state index contributed by atoms with van der Waals surface area (Å²) in [5.41, 5.74) is 6.22. The molecule has 6 rings (SSSR count). The number of nitrogens with zero attached hydrogens (tertiary/aromatic N) is 4. The molecule has 0 saturated carbocycles. The van der Waals surface area contributed by atoms with Crippen LogP contribution in [0.3, 0.4) is 0 Å². The molecular weight excluding hydrogens is 701 g/mol. The second-order valence-electron chi connectivity index (χ2n) is 13.6. The summed E-state index contributed by atoms with van der Waals surface area (Å²) in [5, 5.41) is 26.1. The minimum Gasteiger partial charge on any atom is -0.480 e. The monoisotopic (exact) mass is 744 g/mol. The van der Waals surface area contributed by atoms with Gasteiger partial charge in [-0.3, -0.25) is 29.0 Å². The smallest absolute Gasteiger partial charge is 0.320 e.